The van der Waals surface area contributed by atoms with E-state index in [1.807, 2.05) is 74.5 Å². The van der Waals surface area contributed by atoms with Crippen molar-refractivity contribution in [1.82, 2.24) is 5.09 Å². The van der Waals surface area contributed by atoms with E-state index in [0.29, 0.717) is 10.6 Å². The van der Waals surface area contributed by atoms with E-state index in [1.54, 1.807) is 24.3 Å². The molecule has 0 aliphatic rings. The van der Waals surface area contributed by atoms with Crippen molar-refractivity contribution in [3.63, 3.8) is 0 Å². The highest BCUT2D eigenvalue weighted by molar-refractivity contribution is 7.77. The van der Waals surface area contributed by atoms with Gasteiger partial charge in [-0.25, -0.2) is 13.9 Å². The monoisotopic (exact) mass is 461 g/mol. The first-order valence-corrected chi connectivity index (χ1v) is 12.6. The Morgan fingerprint density at radius 1 is 0.636 bits per heavy atom. The second-order valence-electron chi connectivity index (χ2n) is 8.37. The van der Waals surface area contributed by atoms with E-state index < -0.39 is 12.8 Å². The van der Waals surface area contributed by atoms with Gasteiger partial charge in [-0.05, 0) is 65.6 Å². The third-order valence-corrected chi connectivity index (χ3v) is 8.76. The maximum Gasteiger partial charge on any atom is 0.205 e. The minimum Gasteiger partial charge on any atom is -0.296 e. The van der Waals surface area contributed by atoms with Gasteiger partial charge in [0.05, 0.1) is 5.54 Å². The van der Waals surface area contributed by atoms with E-state index in [0.717, 1.165) is 11.1 Å². The zero-order chi connectivity index (χ0) is 23.5. The number of rotatable bonds is 7. The molecule has 0 aliphatic heterocycles. The molecule has 4 aromatic carbocycles. The van der Waals surface area contributed by atoms with Gasteiger partial charge in [0.25, 0.3) is 0 Å². The fourth-order valence-corrected chi connectivity index (χ4v) is 7.07. The minimum atomic E-state index is -3.39. The molecule has 1 N–H and O–H groups in total. The summed E-state index contributed by atoms with van der Waals surface area (Å²) in [6.07, 6.45) is 0. The first-order valence-electron chi connectivity index (χ1n) is 10.9. The zero-order valence-corrected chi connectivity index (χ0v) is 19.5. The SMILES string of the molecule is CC(C)C(NP(=O)(c1ccccc1)c1ccccc1)(c1ccc(F)cc1)c1ccc(F)cc1. The van der Waals surface area contributed by atoms with Crippen LogP contribution in [0.3, 0.4) is 0 Å². The maximum absolute atomic E-state index is 15.0. The first-order chi connectivity index (χ1) is 15.9. The summed E-state index contributed by atoms with van der Waals surface area (Å²) in [5.41, 5.74) is 0.512. The number of benzene rings is 4. The number of hydrogen-bond acceptors (Lipinski definition) is 1. The van der Waals surface area contributed by atoms with E-state index in [4.69, 9.17) is 0 Å². The average molecular weight is 461 g/mol. The van der Waals surface area contributed by atoms with E-state index in [-0.39, 0.29) is 17.6 Å². The zero-order valence-electron chi connectivity index (χ0n) is 18.6. The van der Waals surface area contributed by atoms with Crippen LogP contribution in [0.5, 0.6) is 0 Å². The molecule has 4 aromatic rings. The Morgan fingerprint density at radius 3 is 1.33 bits per heavy atom. The van der Waals surface area contributed by atoms with Gasteiger partial charge in [0.2, 0.25) is 7.29 Å². The summed E-state index contributed by atoms with van der Waals surface area (Å²) < 4.78 is 42.7. The average Bonchev–Trinajstić information content (AvgIpc) is 2.84. The molecule has 0 atom stereocenters. The molecule has 0 aliphatic carbocycles. The Kier molecular flexibility index (Phi) is 6.60. The lowest BCUT2D eigenvalue weighted by Crippen LogP contribution is -2.49. The quantitative estimate of drug-likeness (QED) is 0.324. The predicted molar refractivity (Wildman–Crippen MR) is 131 cm³/mol. The summed E-state index contributed by atoms with van der Waals surface area (Å²) in [7, 11) is -3.39. The molecule has 0 fully saturated rings. The molecule has 0 amide bonds. The predicted octanol–water partition coefficient (Wildman–Crippen LogP) is 6.38. The molecule has 0 radical (unpaired) electrons. The van der Waals surface area contributed by atoms with Crippen molar-refractivity contribution in [2.45, 2.75) is 19.4 Å². The van der Waals surface area contributed by atoms with E-state index in [2.05, 4.69) is 5.09 Å². The summed E-state index contributed by atoms with van der Waals surface area (Å²) >= 11 is 0. The molecule has 0 heterocycles. The van der Waals surface area contributed by atoms with E-state index >= 15 is 0 Å². The van der Waals surface area contributed by atoms with Crippen molar-refractivity contribution in [3.8, 4) is 0 Å². The van der Waals surface area contributed by atoms with Crippen molar-refractivity contribution in [1.29, 1.82) is 0 Å². The van der Waals surface area contributed by atoms with Gasteiger partial charge in [-0.15, -0.1) is 0 Å². The van der Waals surface area contributed by atoms with Crippen molar-refractivity contribution >= 4 is 17.9 Å². The lowest BCUT2D eigenvalue weighted by atomic mass is 9.75. The molecule has 5 heteroatoms. The van der Waals surface area contributed by atoms with Crippen LogP contribution in [0.1, 0.15) is 25.0 Å². The lowest BCUT2D eigenvalue weighted by molar-refractivity contribution is 0.346. The smallest absolute Gasteiger partial charge is 0.205 e. The van der Waals surface area contributed by atoms with Crippen LogP contribution in [-0.4, -0.2) is 0 Å². The fourth-order valence-electron chi connectivity index (χ4n) is 4.32. The topological polar surface area (TPSA) is 29.1 Å². The standard InChI is InChI=1S/C28H26F2NOP/c1-21(2)28(22-13-17-24(29)18-14-22,23-15-19-25(30)20-16-23)31-33(32,26-9-5-3-6-10-26)27-11-7-4-8-12-27/h3-21H,1-2H3,(H,31,32). The van der Waals surface area contributed by atoms with Gasteiger partial charge >= 0.3 is 0 Å². The van der Waals surface area contributed by atoms with Gasteiger partial charge in [0, 0.05) is 10.6 Å². The molecule has 0 saturated carbocycles. The van der Waals surface area contributed by atoms with Crippen molar-refractivity contribution in [3.05, 3.63) is 132 Å². The third kappa shape index (κ3) is 4.42. The van der Waals surface area contributed by atoms with Gasteiger partial charge in [-0.3, -0.25) is 4.57 Å². The van der Waals surface area contributed by atoms with Crippen molar-refractivity contribution in [2.24, 2.45) is 5.92 Å². The Morgan fingerprint density at radius 2 is 1.00 bits per heavy atom. The molecule has 0 saturated heterocycles. The Labute approximate surface area is 193 Å². The summed E-state index contributed by atoms with van der Waals surface area (Å²) in [5, 5.41) is 4.87. The van der Waals surface area contributed by atoms with Gasteiger partial charge in [-0.1, -0.05) is 74.5 Å². The fraction of sp³-hybridized carbons (Fsp3) is 0.143. The summed E-state index contributed by atoms with van der Waals surface area (Å²) in [5.74, 6) is -0.830. The van der Waals surface area contributed by atoms with Crippen molar-refractivity contribution < 1.29 is 13.3 Å². The largest absolute Gasteiger partial charge is 0.296 e. The van der Waals surface area contributed by atoms with Crippen LogP contribution in [0, 0.1) is 17.6 Å². The number of halogens is 2. The Bertz CT molecular complexity index is 1150. The maximum atomic E-state index is 15.0. The van der Waals surface area contributed by atoms with Crippen LogP contribution in [0.15, 0.2) is 109 Å². The van der Waals surface area contributed by atoms with Crippen LogP contribution >= 0.6 is 7.29 Å². The van der Waals surface area contributed by atoms with Gasteiger partial charge < -0.3 is 0 Å². The first kappa shape index (κ1) is 23.1. The highest BCUT2D eigenvalue weighted by atomic mass is 31.2. The van der Waals surface area contributed by atoms with Crippen LogP contribution in [0.4, 0.5) is 8.78 Å². The highest BCUT2D eigenvalue weighted by Crippen LogP contribution is 2.49. The molecule has 2 nitrogen and oxygen atoms in total. The minimum absolute atomic E-state index is 0.117. The van der Waals surface area contributed by atoms with Crippen molar-refractivity contribution in [2.75, 3.05) is 0 Å². The summed E-state index contributed by atoms with van der Waals surface area (Å²) in [6.45, 7) is 4.03. The van der Waals surface area contributed by atoms with Gasteiger partial charge in [-0.2, -0.15) is 0 Å². The number of nitrogens with one attached hydrogen (secondary N) is 1. The molecule has 0 aromatic heterocycles. The van der Waals surface area contributed by atoms with Crippen LogP contribution in [-0.2, 0) is 10.1 Å². The second kappa shape index (κ2) is 9.43. The molecule has 0 bridgehead atoms. The van der Waals surface area contributed by atoms with Crippen LogP contribution < -0.4 is 15.7 Å². The van der Waals surface area contributed by atoms with E-state index in [9.17, 15) is 13.3 Å². The normalized spacial score (nSPS) is 12.2. The lowest BCUT2D eigenvalue weighted by Gasteiger charge is -2.43. The van der Waals surface area contributed by atoms with Crippen LogP contribution in [0.25, 0.3) is 0 Å². The third-order valence-electron chi connectivity index (χ3n) is 6.04. The van der Waals surface area contributed by atoms with Crippen LogP contribution in [0.2, 0.25) is 0 Å². The Balaban J connectivity index is 2.01. The second-order valence-corrected chi connectivity index (χ2v) is 10.8. The number of hydrogen-bond donors (Lipinski definition) is 1. The Hall–Kier alpha value is -3.07. The van der Waals surface area contributed by atoms with Gasteiger partial charge in [0.1, 0.15) is 11.6 Å². The highest BCUT2D eigenvalue weighted by Gasteiger charge is 2.44. The van der Waals surface area contributed by atoms with Gasteiger partial charge in [0.15, 0.2) is 0 Å². The molecular formula is C28H26F2NOP. The summed E-state index contributed by atoms with van der Waals surface area (Å²) in [6, 6.07) is 31.0. The molecular weight excluding hydrogens is 435 g/mol. The summed E-state index contributed by atoms with van der Waals surface area (Å²) in [4.78, 5) is 0. The molecule has 168 valence electrons. The molecule has 0 unspecified atom stereocenters. The molecule has 33 heavy (non-hydrogen) atoms. The molecule has 4 rings (SSSR count). The molecule has 0 spiro atoms. The van der Waals surface area contributed by atoms with E-state index in [1.165, 1.54) is 24.3 Å².